The van der Waals surface area contributed by atoms with Crippen LogP contribution in [0.5, 0.6) is 5.75 Å². The number of aryl methyl sites for hydroxylation is 1. The summed E-state index contributed by atoms with van der Waals surface area (Å²) in [5, 5.41) is 10.9. The van der Waals surface area contributed by atoms with Crippen LogP contribution < -0.4 is 5.73 Å². The Balaban J connectivity index is 2.28. The normalized spacial score (nSPS) is 11.2. The fraction of sp³-hybridized carbons (Fsp3) is 0.0714. The van der Waals surface area contributed by atoms with Gasteiger partial charge in [0.05, 0.1) is 10.6 Å². The molecule has 3 N–H and O–H groups in total. The van der Waals surface area contributed by atoms with E-state index in [0.717, 1.165) is 0 Å². The molecule has 3 aromatic rings. The van der Waals surface area contributed by atoms with Gasteiger partial charge in [0, 0.05) is 10.7 Å². The Labute approximate surface area is 124 Å². The van der Waals surface area contributed by atoms with Crippen LogP contribution in [0.4, 0.5) is 5.69 Å². The molecule has 0 saturated carbocycles. The summed E-state index contributed by atoms with van der Waals surface area (Å²) in [4.78, 5) is 4.30. The summed E-state index contributed by atoms with van der Waals surface area (Å²) < 4.78 is 5.61. The van der Waals surface area contributed by atoms with Gasteiger partial charge in [-0.05, 0) is 36.8 Å². The zero-order valence-electron chi connectivity index (χ0n) is 10.4. The molecular weight excluding hydrogens is 299 g/mol. The third kappa shape index (κ3) is 2.07. The largest absolute Gasteiger partial charge is 0.507 e. The number of rotatable bonds is 1. The van der Waals surface area contributed by atoms with Crippen LogP contribution in [0.15, 0.2) is 28.7 Å². The number of nitrogens with zero attached hydrogens (tertiary/aromatic N) is 1. The average Bonchev–Trinajstić information content (AvgIpc) is 2.77. The summed E-state index contributed by atoms with van der Waals surface area (Å²) in [5.74, 6) is 0.324. The lowest BCUT2D eigenvalue weighted by Crippen LogP contribution is -1.89. The summed E-state index contributed by atoms with van der Waals surface area (Å²) in [6.45, 7) is 1.75. The lowest BCUT2D eigenvalue weighted by molar-refractivity contribution is 0.470. The first-order valence-electron chi connectivity index (χ1n) is 5.81. The van der Waals surface area contributed by atoms with E-state index in [9.17, 15) is 5.11 Å². The molecule has 0 amide bonds. The van der Waals surface area contributed by atoms with Crippen LogP contribution in [0.2, 0.25) is 10.0 Å². The first-order valence-corrected chi connectivity index (χ1v) is 6.56. The number of hydrogen-bond donors (Lipinski definition) is 2. The van der Waals surface area contributed by atoms with E-state index in [1.165, 1.54) is 0 Å². The number of phenolic OH excluding ortho intramolecular Hbond substituents is 1. The van der Waals surface area contributed by atoms with E-state index >= 15 is 0 Å². The predicted molar refractivity (Wildman–Crippen MR) is 80.3 cm³/mol. The highest BCUT2D eigenvalue weighted by Gasteiger charge is 2.16. The van der Waals surface area contributed by atoms with E-state index in [2.05, 4.69) is 4.98 Å². The fourth-order valence-electron chi connectivity index (χ4n) is 2.05. The van der Waals surface area contributed by atoms with Crippen LogP contribution >= 0.6 is 23.2 Å². The smallest absolute Gasteiger partial charge is 0.231 e. The minimum Gasteiger partial charge on any atom is -0.507 e. The van der Waals surface area contributed by atoms with Crippen LogP contribution in [-0.2, 0) is 0 Å². The topological polar surface area (TPSA) is 72.3 Å². The lowest BCUT2D eigenvalue weighted by Gasteiger charge is -2.05. The highest BCUT2D eigenvalue weighted by atomic mass is 35.5. The van der Waals surface area contributed by atoms with Crippen molar-refractivity contribution in [1.82, 2.24) is 4.98 Å². The lowest BCUT2D eigenvalue weighted by atomic mass is 10.1. The first kappa shape index (κ1) is 13.1. The highest BCUT2D eigenvalue weighted by Crippen LogP contribution is 2.37. The van der Waals surface area contributed by atoms with Crippen molar-refractivity contribution in [2.24, 2.45) is 0 Å². The molecule has 0 aliphatic carbocycles. The van der Waals surface area contributed by atoms with Gasteiger partial charge < -0.3 is 15.3 Å². The Hall–Kier alpha value is -1.91. The van der Waals surface area contributed by atoms with E-state index in [-0.39, 0.29) is 11.6 Å². The third-order valence-electron chi connectivity index (χ3n) is 2.96. The molecule has 0 fully saturated rings. The second-order valence-electron chi connectivity index (χ2n) is 4.49. The van der Waals surface area contributed by atoms with Gasteiger partial charge in [0.25, 0.3) is 0 Å². The zero-order chi connectivity index (χ0) is 14.4. The van der Waals surface area contributed by atoms with Crippen LogP contribution in [0.1, 0.15) is 5.56 Å². The number of fused-ring (bicyclic) bond motifs is 1. The Morgan fingerprint density at radius 2 is 1.95 bits per heavy atom. The molecule has 0 radical (unpaired) electrons. The van der Waals surface area contributed by atoms with E-state index in [1.54, 1.807) is 31.2 Å². The van der Waals surface area contributed by atoms with E-state index < -0.39 is 0 Å². The molecule has 0 aliphatic rings. The number of nitrogens with two attached hydrogens (primary N) is 1. The molecule has 0 bridgehead atoms. The molecule has 0 atom stereocenters. The van der Waals surface area contributed by atoms with Gasteiger partial charge in [-0.1, -0.05) is 23.2 Å². The zero-order valence-corrected chi connectivity index (χ0v) is 12.0. The maximum Gasteiger partial charge on any atom is 0.231 e. The monoisotopic (exact) mass is 308 g/mol. The van der Waals surface area contributed by atoms with Gasteiger partial charge in [-0.25, -0.2) is 4.98 Å². The second kappa shape index (κ2) is 4.58. The van der Waals surface area contributed by atoms with Crippen molar-refractivity contribution in [1.29, 1.82) is 0 Å². The van der Waals surface area contributed by atoms with Crippen LogP contribution in [-0.4, -0.2) is 10.1 Å². The van der Waals surface area contributed by atoms with Gasteiger partial charge in [0.15, 0.2) is 5.58 Å². The maximum atomic E-state index is 10.1. The van der Waals surface area contributed by atoms with Crippen molar-refractivity contribution in [2.45, 2.75) is 6.92 Å². The SMILES string of the molecule is Cc1cc(N)cc(-c2nc3cc(Cl)cc(Cl)c3o2)c1O. The molecule has 1 aromatic heterocycles. The van der Waals surface area contributed by atoms with Gasteiger partial charge in [-0.15, -0.1) is 0 Å². The van der Waals surface area contributed by atoms with Crippen LogP contribution in [0.25, 0.3) is 22.6 Å². The Morgan fingerprint density at radius 1 is 1.20 bits per heavy atom. The summed E-state index contributed by atoms with van der Waals surface area (Å²) in [6.07, 6.45) is 0. The summed E-state index contributed by atoms with van der Waals surface area (Å²) >= 11 is 12.0. The molecule has 0 spiro atoms. The molecule has 20 heavy (non-hydrogen) atoms. The molecule has 0 aliphatic heterocycles. The van der Waals surface area contributed by atoms with Crippen molar-refractivity contribution < 1.29 is 9.52 Å². The molecule has 6 heteroatoms. The quantitative estimate of drug-likeness (QED) is 0.516. The average molecular weight is 309 g/mol. The maximum absolute atomic E-state index is 10.1. The van der Waals surface area contributed by atoms with Crippen LogP contribution in [0.3, 0.4) is 0 Å². The number of benzene rings is 2. The standard InChI is InChI=1S/C14H10Cl2N2O2/c1-6-2-8(17)5-9(12(6)19)14-18-11-4-7(15)3-10(16)13(11)20-14/h2-5,19H,17H2,1H3. The molecule has 0 saturated heterocycles. The van der Waals surface area contributed by atoms with Gasteiger partial charge in [0.1, 0.15) is 11.3 Å². The van der Waals surface area contributed by atoms with Crippen molar-refractivity contribution in [3.63, 3.8) is 0 Å². The number of oxazole rings is 1. The summed E-state index contributed by atoms with van der Waals surface area (Å²) in [6, 6.07) is 6.49. The molecular formula is C14H10Cl2N2O2. The number of phenols is 1. The fourth-order valence-corrected chi connectivity index (χ4v) is 2.57. The van der Waals surface area contributed by atoms with Crippen LogP contribution in [0, 0.1) is 6.92 Å². The minimum atomic E-state index is 0.0768. The van der Waals surface area contributed by atoms with Gasteiger partial charge in [-0.2, -0.15) is 0 Å². The number of aromatic nitrogens is 1. The molecule has 2 aromatic carbocycles. The van der Waals surface area contributed by atoms with E-state index in [1.807, 2.05) is 0 Å². The summed E-state index contributed by atoms with van der Waals surface area (Å²) in [7, 11) is 0. The van der Waals surface area contributed by atoms with Crippen molar-refractivity contribution in [2.75, 3.05) is 5.73 Å². The Kier molecular flexibility index (Phi) is 3.00. The number of halogens is 2. The number of aromatic hydroxyl groups is 1. The van der Waals surface area contributed by atoms with Crippen molar-refractivity contribution in [3.8, 4) is 17.2 Å². The number of hydrogen-bond acceptors (Lipinski definition) is 4. The van der Waals surface area contributed by atoms with Crippen molar-refractivity contribution in [3.05, 3.63) is 39.9 Å². The second-order valence-corrected chi connectivity index (χ2v) is 5.33. The Morgan fingerprint density at radius 3 is 2.70 bits per heavy atom. The van der Waals surface area contributed by atoms with E-state index in [0.29, 0.717) is 38.0 Å². The number of nitrogen functional groups attached to an aromatic ring is 1. The predicted octanol–water partition coefficient (Wildman–Crippen LogP) is 4.40. The third-order valence-corrected chi connectivity index (χ3v) is 3.46. The highest BCUT2D eigenvalue weighted by molar-refractivity contribution is 6.38. The Bertz CT molecular complexity index is 828. The molecule has 4 nitrogen and oxygen atoms in total. The first-order chi connectivity index (χ1) is 9.45. The molecule has 0 unspecified atom stereocenters. The van der Waals surface area contributed by atoms with Gasteiger partial charge in [0.2, 0.25) is 5.89 Å². The molecule has 3 rings (SSSR count). The summed E-state index contributed by atoms with van der Waals surface area (Å²) in [5.41, 5.74) is 8.32. The minimum absolute atomic E-state index is 0.0768. The molecule has 1 heterocycles. The van der Waals surface area contributed by atoms with Gasteiger partial charge >= 0.3 is 0 Å². The number of anilines is 1. The van der Waals surface area contributed by atoms with Crippen molar-refractivity contribution >= 4 is 40.0 Å². The van der Waals surface area contributed by atoms with E-state index in [4.69, 9.17) is 33.4 Å². The van der Waals surface area contributed by atoms with Gasteiger partial charge in [-0.3, -0.25) is 0 Å². The molecule has 102 valence electrons.